The molecule has 47 heavy (non-hydrogen) atoms. The molecule has 3 aliphatic heterocycles. The lowest BCUT2D eigenvalue weighted by molar-refractivity contribution is -0.139. The second-order valence-electron chi connectivity index (χ2n) is 14.3. The van der Waals surface area contributed by atoms with Crippen molar-refractivity contribution in [1.82, 2.24) is 20.4 Å². The molecule has 0 saturated carbocycles. The first kappa shape index (κ1) is 38.9. The van der Waals surface area contributed by atoms with Gasteiger partial charge in [-0.05, 0) is 70.9 Å². The van der Waals surface area contributed by atoms with Crippen LogP contribution in [0.3, 0.4) is 0 Å². The average Bonchev–Trinajstić information content (AvgIpc) is 3.67. The van der Waals surface area contributed by atoms with Gasteiger partial charge in [0, 0.05) is 62.9 Å². The Morgan fingerprint density at radius 1 is 1.15 bits per heavy atom. The van der Waals surface area contributed by atoms with E-state index in [2.05, 4.69) is 68.4 Å². The lowest BCUT2D eigenvalue weighted by Crippen LogP contribution is -2.54. The Balaban J connectivity index is -0.000000250. The van der Waals surface area contributed by atoms with Crippen molar-refractivity contribution in [3.63, 3.8) is 0 Å². The molecule has 292 valence electrons. The SMILES string of the molecule is CO[C@H]([C@@H](C)[C@H]1O[C@]1(C)C[C@H](C)/C=C/C=C(\C)[C@H]1O[C@@H](CC(=O)NCC[C@H](NC(=O)N2CCN(C)CC2)C(=O)O)CC[C@@H]1C)[C@@H](C)O.[HH].[HH].[HH].[HH].[HH].[HH].[HH].[HH].[HH].[HH].[HH].[HH]. The Kier molecular flexibility index (Phi) is 14.7. The van der Waals surface area contributed by atoms with Gasteiger partial charge < -0.3 is 44.9 Å². The number of rotatable bonds is 16. The molecule has 0 aliphatic carbocycles. The van der Waals surface area contributed by atoms with Crippen LogP contribution in [0, 0.1) is 17.8 Å². The summed E-state index contributed by atoms with van der Waals surface area (Å²) in [5.74, 6) is -0.621. The minimum absolute atomic E-state index is 0. The van der Waals surface area contributed by atoms with Gasteiger partial charge in [-0.15, -0.1) is 0 Å². The van der Waals surface area contributed by atoms with Crippen LogP contribution in [0.25, 0.3) is 0 Å². The Hall–Kier alpha value is -2.51. The van der Waals surface area contributed by atoms with Crippen LogP contribution in [0.5, 0.6) is 0 Å². The molecule has 3 rings (SSSR count). The van der Waals surface area contributed by atoms with Crippen molar-refractivity contribution in [2.45, 2.75) is 116 Å². The smallest absolute Gasteiger partial charge is 0.326 e. The maximum absolute atomic E-state index is 12.7. The normalized spacial score (nSPS) is 30.3. The second kappa shape index (κ2) is 17.8. The predicted octanol–water partition coefficient (Wildman–Crippen LogP) is 6.15. The van der Waals surface area contributed by atoms with Gasteiger partial charge in [0.05, 0.1) is 42.5 Å². The molecule has 3 saturated heterocycles. The number of methoxy groups -OCH3 is 1. The number of amides is 3. The standard InChI is InChI=1S/C35H60N4O8.12H2/c1-22(21-35(6)32(47-35)25(4)31(45-8)26(5)40)10-9-11-23(2)30-24(3)12-13-27(46-30)20-29(41)36-15-14-28(33(42)43)37-34(44)39-18-16-38(7)17-19-39;;;;;;;;;;;;/h9-11,22,24-28,30-32,40H,12-21H2,1-8H3,(H,36,41)(H,37,44)(H,42,43);12*1H/b10-9+,23-11+;;;;;;;;;;;;/t22-,24+,25-,26-,27-,28+,30-,31-,32-,35-;;;;;;;;;;;;/m1............/s1. The number of allylic oxidation sites excluding steroid dienone is 3. The van der Waals surface area contributed by atoms with Crippen molar-refractivity contribution in [1.29, 1.82) is 0 Å². The van der Waals surface area contributed by atoms with E-state index >= 15 is 0 Å². The summed E-state index contributed by atoms with van der Waals surface area (Å²) in [5.41, 5.74) is 0.863. The molecule has 0 aromatic rings. The van der Waals surface area contributed by atoms with Crippen molar-refractivity contribution in [3.8, 4) is 0 Å². The molecule has 0 spiro atoms. The number of aliphatic carboxylic acids is 1. The number of nitrogens with zero attached hydrogens (tertiary/aromatic N) is 2. The number of ether oxygens (including phenoxy) is 3. The molecule has 0 aromatic carbocycles. The maximum atomic E-state index is 12.7. The van der Waals surface area contributed by atoms with Crippen LogP contribution in [0.15, 0.2) is 23.8 Å². The number of carboxylic acid groups (broad SMARTS) is 1. The first-order valence-electron chi connectivity index (χ1n) is 17.3. The van der Waals surface area contributed by atoms with Gasteiger partial charge >= 0.3 is 12.0 Å². The number of nitrogens with one attached hydrogen (secondary N) is 2. The van der Waals surface area contributed by atoms with E-state index < -0.39 is 18.1 Å². The first-order chi connectivity index (χ1) is 22.1. The highest BCUT2D eigenvalue weighted by atomic mass is 16.6. The third-order valence-corrected chi connectivity index (χ3v) is 10.0. The summed E-state index contributed by atoms with van der Waals surface area (Å²) >= 11 is 0. The van der Waals surface area contributed by atoms with Gasteiger partial charge in [-0.3, -0.25) is 4.79 Å². The number of aliphatic hydroxyl groups is 1. The van der Waals surface area contributed by atoms with Gasteiger partial charge in [-0.25, -0.2) is 9.59 Å². The van der Waals surface area contributed by atoms with E-state index in [-0.39, 0.29) is 90.3 Å². The molecule has 0 bridgehead atoms. The Morgan fingerprint density at radius 2 is 1.83 bits per heavy atom. The molecule has 3 aliphatic rings. The minimum Gasteiger partial charge on any atom is -0.480 e. The number of hydrogen-bond acceptors (Lipinski definition) is 8. The third kappa shape index (κ3) is 11.6. The van der Waals surface area contributed by atoms with Gasteiger partial charge in [0.2, 0.25) is 5.91 Å². The number of hydrogen-bond donors (Lipinski definition) is 4. The number of carbonyl (C=O) groups is 3. The van der Waals surface area contributed by atoms with Crippen molar-refractivity contribution in [2.75, 3.05) is 46.9 Å². The van der Waals surface area contributed by atoms with Crippen LogP contribution in [-0.2, 0) is 23.8 Å². The van der Waals surface area contributed by atoms with Crippen molar-refractivity contribution >= 4 is 17.9 Å². The average molecular weight is 689 g/mol. The van der Waals surface area contributed by atoms with Crippen LogP contribution in [0.1, 0.15) is 90.8 Å². The zero-order chi connectivity index (χ0) is 34.9. The topological polar surface area (TPSA) is 153 Å². The molecular weight excluding hydrogens is 604 g/mol. The zero-order valence-corrected chi connectivity index (χ0v) is 29.7. The van der Waals surface area contributed by atoms with Gasteiger partial charge in [0.1, 0.15) is 6.04 Å². The third-order valence-electron chi connectivity index (χ3n) is 10.0. The molecule has 3 fully saturated rings. The first-order valence-corrected chi connectivity index (χ1v) is 17.3. The van der Waals surface area contributed by atoms with Gasteiger partial charge in [-0.2, -0.15) is 0 Å². The van der Waals surface area contributed by atoms with E-state index in [1.54, 1.807) is 18.9 Å². The number of likely N-dealkylation sites (N-methyl/N-ethyl adjacent to an activating group) is 1. The Labute approximate surface area is 299 Å². The van der Waals surface area contributed by atoms with Crippen LogP contribution < -0.4 is 10.6 Å². The number of urea groups is 1. The molecule has 12 nitrogen and oxygen atoms in total. The summed E-state index contributed by atoms with van der Waals surface area (Å²) in [6.07, 6.45) is 8.14. The van der Waals surface area contributed by atoms with Gasteiger partial charge in [-0.1, -0.05) is 39.0 Å². The summed E-state index contributed by atoms with van der Waals surface area (Å²) < 4.78 is 18.0. The number of carboxylic acids is 1. The number of aliphatic hydroxyl groups excluding tert-OH is 1. The van der Waals surface area contributed by atoms with Crippen LogP contribution in [0.2, 0.25) is 0 Å². The quantitative estimate of drug-likeness (QED) is 0.111. The molecule has 0 radical (unpaired) electrons. The van der Waals surface area contributed by atoms with E-state index in [1.807, 2.05) is 7.05 Å². The van der Waals surface area contributed by atoms with Crippen molar-refractivity contribution < 1.29 is 55.9 Å². The molecule has 4 N–H and O–H groups in total. The van der Waals surface area contributed by atoms with E-state index in [0.717, 1.165) is 37.9 Å². The Morgan fingerprint density at radius 3 is 2.45 bits per heavy atom. The fourth-order valence-electron chi connectivity index (χ4n) is 7.16. The second-order valence-corrected chi connectivity index (χ2v) is 14.3. The molecule has 12 heteroatoms. The molecule has 3 amide bonds. The monoisotopic (exact) mass is 689 g/mol. The van der Waals surface area contributed by atoms with E-state index in [1.165, 1.54) is 0 Å². The molecule has 0 unspecified atom stereocenters. The molecule has 0 aromatic heterocycles. The predicted molar refractivity (Wildman–Crippen MR) is 205 cm³/mol. The molecular formula is C35H84N4O8. The van der Waals surface area contributed by atoms with Crippen molar-refractivity contribution in [2.24, 2.45) is 17.8 Å². The highest BCUT2D eigenvalue weighted by Gasteiger charge is 2.56. The Bertz CT molecular complexity index is 1150. The summed E-state index contributed by atoms with van der Waals surface area (Å²) in [5, 5.41) is 25.1. The largest absolute Gasteiger partial charge is 0.480 e. The van der Waals surface area contributed by atoms with E-state index in [0.29, 0.717) is 19.0 Å². The van der Waals surface area contributed by atoms with Crippen molar-refractivity contribution in [3.05, 3.63) is 23.8 Å². The molecule has 10 atom stereocenters. The lowest BCUT2D eigenvalue weighted by atomic mass is 9.85. The number of epoxide rings is 1. The summed E-state index contributed by atoms with van der Waals surface area (Å²) in [4.78, 5) is 40.8. The number of carbonyl (C=O) groups excluding carboxylic acids is 2. The van der Waals surface area contributed by atoms with E-state index in [4.69, 9.17) is 14.2 Å². The van der Waals surface area contributed by atoms with E-state index in [9.17, 15) is 24.6 Å². The molecule has 3 heterocycles. The maximum Gasteiger partial charge on any atom is 0.326 e. The summed E-state index contributed by atoms with van der Waals surface area (Å²) in [6, 6.07) is -1.47. The fourth-order valence-corrected chi connectivity index (χ4v) is 7.16. The van der Waals surface area contributed by atoms with Gasteiger partial charge in [0.15, 0.2) is 0 Å². The van der Waals surface area contributed by atoms with Crippen LogP contribution >= 0.6 is 0 Å². The highest BCUT2D eigenvalue weighted by Crippen LogP contribution is 2.47. The van der Waals surface area contributed by atoms with Crippen LogP contribution in [-0.4, -0.2) is 127 Å². The zero-order valence-electron chi connectivity index (χ0n) is 29.7. The van der Waals surface area contributed by atoms with Crippen LogP contribution in [0.4, 0.5) is 4.79 Å². The minimum atomic E-state index is -1.12. The lowest BCUT2D eigenvalue weighted by Gasteiger charge is -2.35. The highest BCUT2D eigenvalue weighted by molar-refractivity contribution is 5.82. The van der Waals surface area contributed by atoms with Gasteiger partial charge in [0.25, 0.3) is 0 Å². The summed E-state index contributed by atoms with van der Waals surface area (Å²) in [7, 11) is 3.61. The fraction of sp³-hybridized carbons (Fsp3) is 0.800. The summed E-state index contributed by atoms with van der Waals surface area (Å²) in [6.45, 7) is 15.1. The number of piperazine rings is 1.